The Labute approximate surface area is 119 Å². The zero-order valence-corrected chi connectivity index (χ0v) is 11.8. The molecule has 1 N–H and O–H groups in total. The summed E-state index contributed by atoms with van der Waals surface area (Å²) in [5.74, 6) is 0. The lowest BCUT2D eigenvalue weighted by Gasteiger charge is -2.21. The van der Waals surface area contributed by atoms with Gasteiger partial charge in [-0.3, -0.25) is 0 Å². The highest BCUT2D eigenvalue weighted by Crippen LogP contribution is 2.37. The first-order chi connectivity index (χ1) is 9.45. The van der Waals surface area contributed by atoms with Crippen molar-refractivity contribution in [2.45, 2.75) is 26.1 Å². The van der Waals surface area contributed by atoms with Crippen LogP contribution in [0.4, 0.5) is 13.2 Å². The molecule has 1 unspecified atom stereocenters. The molecular weight excluding hydrogens is 287 g/mol. The van der Waals surface area contributed by atoms with Crippen molar-refractivity contribution in [2.24, 2.45) is 0 Å². The number of benzene rings is 1. The SMILES string of the molecule is CCNC(c1ccccc1C(F)(F)F)c1snnc1C. The smallest absolute Gasteiger partial charge is 0.306 e. The fraction of sp³-hybridized carbons (Fsp3) is 0.385. The number of rotatable bonds is 4. The number of hydrogen-bond donors (Lipinski definition) is 1. The number of nitrogens with zero attached hydrogens (tertiary/aromatic N) is 2. The van der Waals surface area contributed by atoms with Gasteiger partial charge in [0.05, 0.1) is 22.2 Å². The molecule has 108 valence electrons. The average Bonchev–Trinajstić information content (AvgIpc) is 2.81. The van der Waals surface area contributed by atoms with Gasteiger partial charge in [0.25, 0.3) is 0 Å². The van der Waals surface area contributed by atoms with E-state index < -0.39 is 17.8 Å². The quantitative estimate of drug-likeness (QED) is 0.938. The minimum absolute atomic E-state index is 0.205. The molecule has 1 heterocycles. The second-order valence-corrected chi connectivity index (χ2v) is 5.08. The molecule has 0 aliphatic rings. The van der Waals surface area contributed by atoms with E-state index in [0.29, 0.717) is 17.1 Å². The first-order valence-corrected chi connectivity index (χ1v) is 6.90. The maximum Gasteiger partial charge on any atom is 0.416 e. The van der Waals surface area contributed by atoms with Crippen molar-refractivity contribution >= 4 is 11.5 Å². The van der Waals surface area contributed by atoms with E-state index in [9.17, 15) is 13.2 Å². The Morgan fingerprint density at radius 1 is 1.30 bits per heavy atom. The van der Waals surface area contributed by atoms with E-state index >= 15 is 0 Å². The van der Waals surface area contributed by atoms with Crippen LogP contribution in [0.1, 0.15) is 34.7 Å². The van der Waals surface area contributed by atoms with Gasteiger partial charge in [0, 0.05) is 0 Å². The molecule has 0 aliphatic carbocycles. The molecule has 1 atom stereocenters. The zero-order chi connectivity index (χ0) is 14.8. The molecule has 0 bridgehead atoms. The number of aromatic nitrogens is 2. The van der Waals surface area contributed by atoms with Crippen molar-refractivity contribution in [3.05, 3.63) is 46.0 Å². The Balaban J connectivity index is 2.54. The van der Waals surface area contributed by atoms with Gasteiger partial charge in [0.2, 0.25) is 0 Å². The van der Waals surface area contributed by atoms with E-state index in [1.807, 2.05) is 6.92 Å². The molecule has 0 saturated heterocycles. The molecule has 0 spiro atoms. The topological polar surface area (TPSA) is 37.8 Å². The number of nitrogens with one attached hydrogen (secondary N) is 1. The van der Waals surface area contributed by atoms with Gasteiger partial charge in [0.1, 0.15) is 0 Å². The highest BCUT2D eigenvalue weighted by Gasteiger charge is 2.35. The molecular formula is C13H14F3N3S. The van der Waals surface area contributed by atoms with Gasteiger partial charge in [0.15, 0.2) is 0 Å². The Morgan fingerprint density at radius 2 is 2.00 bits per heavy atom. The summed E-state index contributed by atoms with van der Waals surface area (Å²) in [5.41, 5.74) is 0.229. The van der Waals surface area contributed by atoms with Gasteiger partial charge in [-0.15, -0.1) is 5.10 Å². The summed E-state index contributed by atoms with van der Waals surface area (Å²) in [5, 5.41) is 6.97. The Hall–Kier alpha value is -1.47. The summed E-state index contributed by atoms with van der Waals surface area (Å²) < 4.78 is 43.2. The van der Waals surface area contributed by atoms with Gasteiger partial charge < -0.3 is 5.32 Å². The standard InChI is InChI=1S/C13H14F3N3S/c1-3-17-11(12-8(2)18-19-20-12)9-6-4-5-7-10(9)13(14,15)16/h4-7,11,17H,3H2,1-2H3. The summed E-state index contributed by atoms with van der Waals surface area (Å²) in [6.45, 7) is 4.15. The lowest BCUT2D eigenvalue weighted by molar-refractivity contribution is -0.138. The van der Waals surface area contributed by atoms with Crippen LogP contribution in [0.5, 0.6) is 0 Å². The van der Waals surface area contributed by atoms with E-state index in [-0.39, 0.29) is 5.56 Å². The normalized spacial score (nSPS) is 13.4. The highest BCUT2D eigenvalue weighted by atomic mass is 32.1. The monoisotopic (exact) mass is 301 g/mol. The average molecular weight is 301 g/mol. The Bertz CT molecular complexity index is 580. The van der Waals surface area contributed by atoms with Crippen molar-refractivity contribution < 1.29 is 13.2 Å². The highest BCUT2D eigenvalue weighted by molar-refractivity contribution is 7.05. The lowest BCUT2D eigenvalue weighted by atomic mass is 9.98. The molecule has 0 fully saturated rings. The van der Waals surface area contributed by atoms with Crippen LogP contribution < -0.4 is 5.32 Å². The van der Waals surface area contributed by atoms with Gasteiger partial charge in [-0.05, 0) is 36.6 Å². The Kier molecular flexibility index (Phi) is 4.39. The molecule has 2 rings (SSSR count). The minimum atomic E-state index is -4.38. The number of alkyl halides is 3. The molecule has 1 aromatic carbocycles. The minimum Gasteiger partial charge on any atom is -0.306 e. The summed E-state index contributed by atoms with van der Waals surface area (Å²) in [6.07, 6.45) is -4.38. The molecule has 0 radical (unpaired) electrons. The van der Waals surface area contributed by atoms with Crippen LogP contribution >= 0.6 is 11.5 Å². The molecule has 20 heavy (non-hydrogen) atoms. The van der Waals surface area contributed by atoms with E-state index in [1.54, 1.807) is 13.0 Å². The van der Waals surface area contributed by atoms with Gasteiger partial charge in [-0.2, -0.15) is 13.2 Å². The first kappa shape index (κ1) is 14.9. The predicted octanol–water partition coefficient (Wildman–Crippen LogP) is 3.56. The maximum atomic E-state index is 13.1. The van der Waals surface area contributed by atoms with Crippen molar-refractivity contribution in [1.29, 1.82) is 0 Å². The second-order valence-electron chi connectivity index (χ2n) is 4.30. The van der Waals surface area contributed by atoms with Crippen LogP contribution in [0, 0.1) is 6.92 Å². The molecule has 3 nitrogen and oxygen atoms in total. The third-order valence-corrected chi connectivity index (χ3v) is 3.83. The van der Waals surface area contributed by atoms with E-state index in [0.717, 1.165) is 17.6 Å². The number of halogens is 3. The van der Waals surface area contributed by atoms with Crippen molar-refractivity contribution in [3.63, 3.8) is 0 Å². The van der Waals surface area contributed by atoms with E-state index in [1.165, 1.54) is 12.1 Å². The van der Waals surface area contributed by atoms with Gasteiger partial charge in [-0.25, -0.2) is 0 Å². The fourth-order valence-electron chi connectivity index (χ4n) is 2.06. The molecule has 0 aliphatic heterocycles. The summed E-state index contributed by atoms with van der Waals surface area (Å²) in [4.78, 5) is 0.712. The molecule has 2 aromatic rings. The van der Waals surface area contributed by atoms with Crippen LogP contribution in [-0.2, 0) is 6.18 Å². The van der Waals surface area contributed by atoms with Crippen LogP contribution in [-0.4, -0.2) is 16.1 Å². The summed E-state index contributed by atoms with van der Waals surface area (Å²) in [7, 11) is 0. The fourth-order valence-corrected chi connectivity index (χ4v) is 2.80. The molecule has 7 heteroatoms. The Morgan fingerprint density at radius 3 is 2.55 bits per heavy atom. The van der Waals surface area contributed by atoms with Crippen LogP contribution in [0.3, 0.4) is 0 Å². The van der Waals surface area contributed by atoms with Crippen LogP contribution in [0.15, 0.2) is 24.3 Å². The molecule has 1 aromatic heterocycles. The van der Waals surface area contributed by atoms with Crippen molar-refractivity contribution in [2.75, 3.05) is 6.54 Å². The van der Waals surface area contributed by atoms with E-state index in [2.05, 4.69) is 14.9 Å². The first-order valence-electron chi connectivity index (χ1n) is 6.13. The molecule has 0 saturated carbocycles. The number of hydrogen-bond acceptors (Lipinski definition) is 4. The summed E-state index contributed by atoms with van der Waals surface area (Å²) in [6, 6.07) is 5.06. The summed E-state index contributed by atoms with van der Waals surface area (Å²) >= 11 is 1.12. The van der Waals surface area contributed by atoms with Gasteiger partial charge in [-0.1, -0.05) is 29.6 Å². The zero-order valence-electron chi connectivity index (χ0n) is 11.0. The third-order valence-electron chi connectivity index (χ3n) is 2.93. The van der Waals surface area contributed by atoms with Gasteiger partial charge >= 0.3 is 6.18 Å². The van der Waals surface area contributed by atoms with E-state index in [4.69, 9.17) is 0 Å². The van der Waals surface area contributed by atoms with Crippen molar-refractivity contribution in [3.8, 4) is 0 Å². The second kappa shape index (κ2) is 5.88. The van der Waals surface area contributed by atoms with Crippen LogP contribution in [0.2, 0.25) is 0 Å². The lowest BCUT2D eigenvalue weighted by Crippen LogP contribution is -2.24. The maximum absolute atomic E-state index is 13.1. The predicted molar refractivity (Wildman–Crippen MR) is 71.6 cm³/mol. The third kappa shape index (κ3) is 2.99. The van der Waals surface area contributed by atoms with Crippen molar-refractivity contribution in [1.82, 2.24) is 14.9 Å². The molecule has 0 amide bonds. The largest absolute Gasteiger partial charge is 0.416 e. The van der Waals surface area contributed by atoms with Crippen LogP contribution in [0.25, 0.3) is 0 Å². The number of aryl methyl sites for hydroxylation is 1.